The topological polar surface area (TPSA) is 57.8 Å². The summed E-state index contributed by atoms with van der Waals surface area (Å²) in [6.07, 6.45) is 6.81. The number of hydrogen-bond acceptors (Lipinski definition) is 2. The summed E-state index contributed by atoms with van der Waals surface area (Å²) in [7, 11) is 0. The molecular weight excluding hydrogens is 286 g/mol. The number of aromatic amines is 1. The number of aromatic nitrogens is 2. The summed E-state index contributed by atoms with van der Waals surface area (Å²) in [5.41, 5.74) is 3.08. The highest BCUT2D eigenvalue weighted by Crippen LogP contribution is 2.39. The number of carbonyl (C=O) groups excluding carboxylic acids is 1. The number of H-pyrrole nitrogens is 1. The second-order valence-corrected chi connectivity index (χ2v) is 6.92. The number of rotatable bonds is 4. The van der Waals surface area contributed by atoms with Crippen LogP contribution >= 0.6 is 0 Å². The highest BCUT2D eigenvalue weighted by Gasteiger charge is 2.28. The predicted octanol–water partition coefficient (Wildman–Crippen LogP) is 3.74. The Morgan fingerprint density at radius 3 is 2.39 bits per heavy atom. The van der Waals surface area contributed by atoms with Crippen molar-refractivity contribution < 1.29 is 4.79 Å². The van der Waals surface area contributed by atoms with Crippen molar-refractivity contribution in [1.29, 1.82) is 0 Å². The minimum atomic E-state index is -0.0312. The number of hydrogen-bond donors (Lipinski definition) is 2. The molecule has 120 valence electrons. The van der Waals surface area contributed by atoms with Crippen molar-refractivity contribution >= 4 is 5.91 Å². The van der Waals surface area contributed by atoms with E-state index < -0.39 is 0 Å². The average Bonchev–Trinajstić information content (AvgIpc) is 3.33. The van der Waals surface area contributed by atoms with Gasteiger partial charge in [-0.2, -0.15) is 5.10 Å². The molecule has 0 bridgehead atoms. The molecule has 0 unspecified atom stereocenters. The highest BCUT2D eigenvalue weighted by molar-refractivity contribution is 5.92. The third-order valence-electron chi connectivity index (χ3n) is 5.18. The lowest BCUT2D eigenvalue weighted by Crippen LogP contribution is -2.37. The molecule has 4 nitrogen and oxygen atoms in total. The van der Waals surface area contributed by atoms with Gasteiger partial charge < -0.3 is 5.32 Å². The zero-order valence-corrected chi connectivity index (χ0v) is 13.3. The summed E-state index contributed by atoms with van der Waals surface area (Å²) in [5, 5.41) is 10.3. The van der Waals surface area contributed by atoms with Crippen LogP contribution in [0.15, 0.2) is 36.4 Å². The summed E-state index contributed by atoms with van der Waals surface area (Å²) >= 11 is 0. The Hall–Kier alpha value is -2.10. The minimum Gasteiger partial charge on any atom is -0.348 e. The molecule has 2 N–H and O–H groups in total. The van der Waals surface area contributed by atoms with E-state index in [9.17, 15) is 4.79 Å². The van der Waals surface area contributed by atoms with E-state index in [0.29, 0.717) is 17.5 Å². The molecule has 0 saturated heterocycles. The standard InChI is InChI=1S/C19H23N3O/c23-19(18-12-17(21-22-18)15-6-7-15)20-16-10-8-14(9-11-16)13-4-2-1-3-5-13/h1-5,12,14-16H,6-11H2,(H,20,23)(H,21,22). The van der Waals surface area contributed by atoms with Gasteiger partial charge in [-0.15, -0.1) is 0 Å². The van der Waals surface area contributed by atoms with Crippen molar-refractivity contribution in [3.8, 4) is 0 Å². The maximum atomic E-state index is 12.3. The Labute approximate surface area is 136 Å². The Morgan fingerprint density at radius 1 is 1.00 bits per heavy atom. The van der Waals surface area contributed by atoms with Gasteiger partial charge in [-0.1, -0.05) is 30.3 Å². The number of benzene rings is 1. The fraction of sp³-hybridized carbons (Fsp3) is 0.474. The van der Waals surface area contributed by atoms with E-state index in [1.54, 1.807) is 0 Å². The third kappa shape index (κ3) is 3.31. The fourth-order valence-electron chi connectivity index (χ4n) is 3.61. The first-order chi connectivity index (χ1) is 11.3. The third-order valence-corrected chi connectivity index (χ3v) is 5.18. The van der Waals surface area contributed by atoms with Gasteiger partial charge in [-0.3, -0.25) is 9.89 Å². The van der Waals surface area contributed by atoms with E-state index in [4.69, 9.17) is 0 Å². The molecule has 0 spiro atoms. The van der Waals surface area contributed by atoms with Crippen molar-refractivity contribution in [1.82, 2.24) is 15.5 Å². The van der Waals surface area contributed by atoms with Crippen molar-refractivity contribution in [2.45, 2.75) is 56.4 Å². The van der Waals surface area contributed by atoms with E-state index >= 15 is 0 Å². The molecule has 2 saturated carbocycles. The highest BCUT2D eigenvalue weighted by atomic mass is 16.2. The van der Waals surface area contributed by atoms with Crippen LogP contribution < -0.4 is 5.32 Å². The molecule has 0 aliphatic heterocycles. The SMILES string of the molecule is O=C(NC1CCC(c2ccccc2)CC1)c1cc(C2CC2)[nH]n1. The van der Waals surface area contributed by atoms with Crippen LogP contribution in [-0.4, -0.2) is 22.1 Å². The van der Waals surface area contributed by atoms with E-state index in [-0.39, 0.29) is 11.9 Å². The second-order valence-electron chi connectivity index (χ2n) is 6.92. The Bertz CT molecular complexity index is 667. The summed E-state index contributed by atoms with van der Waals surface area (Å²) in [5.74, 6) is 1.21. The molecule has 0 atom stereocenters. The van der Waals surface area contributed by atoms with Crippen molar-refractivity contribution in [2.75, 3.05) is 0 Å². The molecule has 1 aromatic heterocycles. The van der Waals surface area contributed by atoms with Gasteiger partial charge in [0.15, 0.2) is 0 Å². The van der Waals surface area contributed by atoms with Crippen LogP contribution in [0.2, 0.25) is 0 Å². The maximum Gasteiger partial charge on any atom is 0.271 e. The molecule has 2 aliphatic rings. The normalized spacial score (nSPS) is 24.3. The predicted molar refractivity (Wildman–Crippen MR) is 89.5 cm³/mol. The van der Waals surface area contributed by atoms with Crippen LogP contribution in [0.5, 0.6) is 0 Å². The van der Waals surface area contributed by atoms with Gasteiger partial charge in [0, 0.05) is 17.7 Å². The van der Waals surface area contributed by atoms with Gasteiger partial charge in [-0.25, -0.2) is 0 Å². The van der Waals surface area contributed by atoms with Crippen LogP contribution in [-0.2, 0) is 0 Å². The molecule has 1 amide bonds. The molecule has 1 heterocycles. The lowest BCUT2D eigenvalue weighted by molar-refractivity contribution is 0.0920. The van der Waals surface area contributed by atoms with Crippen LogP contribution in [0.25, 0.3) is 0 Å². The number of carbonyl (C=O) groups is 1. The van der Waals surface area contributed by atoms with Gasteiger partial charge >= 0.3 is 0 Å². The second kappa shape index (κ2) is 6.19. The van der Waals surface area contributed by atoms with Crippen LogP contribution in [0.1, 0.15) is 72.1 Å². The van der Waals surface area contributed by atoms with Gasteiger partial charge in [0.25, 0.3) is 5.91 Å². The first-order valence-electron chi connectivity index (χ1n) is 8.70. The van der Waals surface area contributed by atoms with E-state index in [2.05, 4.69) is 45.8 Å². The molecule has 4 heteroatoms. The van der Waals surface area contributed by atoms with Crippen LogP contribution in [0.4, 0.5) is 0 Å². The zero-order chi connectivity index (χ0) is 15.6. The Morgan fingerprint density at radius 2 is 1.70 bits per heavy atom. The molecule has 1 aromatic carbocycles. The largest absolute Gasteiger partial charge is 0.348 e. The summed E-state index contributed by atoms with van der Waals surface area (Å²) in [4.78, 5) is 12.3. The maximum absolute atomic E-state index is 12.3. The zero-order valence-electron chi connectivity index (χ0n) is 13.3. The van der Waals surface area contributed by atoms with E-state index in [1.165, 1.54) is 18.4 Å². The van der Waals surface area contributed by atoms with Gasteiger partial charge in [0.1, 0.15) is 5.69 Å². The lowest BCUT2D eigenvalue weighted by atomic mass is 9.82. The Balaban J connectivity index is 1.31. The van der Waals surface area contributed by atoms with Crippen molar-refractivity contribution in [3.05, 3.63) is 53.3 Å². The van der Waals surface area contributed by atoms with Crippen LogP contribution in [0, 0.1) is 0 Å². The number of nitrogens with one attached hydrogen (secondary N) is 2. The first kappa shape index (κ1) is 14.5. The lowest BCUT2D eigenvalue weighted by Gasteiger charge is -2.29. The van der Waals surface area contributed by atoms with Gasteiger partial charge in [0.05, 0.1) is 0 Å². The molecule has 2 aromatic rings. The number of amides is 1. The average molecular weight is 309 g/mol. The molecule has 23 heavy (non-hydrogen) atoms. The molecule has 0 radical (unpaired) electrons. The summed E-state index contributed by atoms with van der Waals surface area (Å²) < 4.78 is 0. The van der Waals surface area contributed by atoms with E-state index in [0.717, 1.165) is 31.4 Å². The number of nitrogens with zero attached hydrogens (tertiary/aromatic N) is 1. The van der Waals surface area contributed by atoms with Crippen LogP contribution in [0.3, 0.4) is 0 Å². The van der Waals surface area contributed by atoms with Crippen molar-refractivity contribution in [2.24, 2.45) is 0 Å². The summed E-state index contributed by atoms with van der Waals surface area (Å²) in [6, 6.07) is 12.9. The quantitative estimate of drug-likeness (QED) is 0.904. The monoisotopic (exact) mass is 309 g/mol. The summed E-state index contributed by atoms with van der Waals surface area (Å²) in [6.45, 7) is 0. The van der Waals surface area contributed by atoms with Gasteiger partial charge in [0.2, 0.25) is 0 Å². The van der Waals surface area contributed by atoms with Crippen molar-refractivity contribution in [3.63, 3.8) is 0 Å². The molecular formula is C19H23N3O. The molecule has 2 fully saturated rings. The molecule has 4 rings (SSSR count). The minimum absolute atomic E-state index is 0.0312. The molecule has 2 aliphatic carbocycles. The van der Waals surface area contributed by atoms with Gasteiger partial charge in [-0.05, 0) is 56.1 Å². The Kier molecular flexibility index (Phi) is 3.90. The van der Waals surface area contributed by atoms with E-state index in [1.807, 2.05) is 6.07 Å². The fourth-order valence-corrected chi connectivity index (χ4v) is 3.61. The first-order valence-corrected chi connectivity index (χ1v) is 8.70. The smallest absolute Gasteiger partial charge is 0.271 e.